The van der Waals surface area contributed by atoms with Crippen LogP contribution < -0.4 is 9.47 Å². The Bertz CT molecular complexity index is 312. The lowest BCUT2D eigenvalue weighted by atomic mass is 10.5. The molecule has 0 saturated heterocycles. The van der Waals surface area contributed by atoms with Crippen LogP contribution in [0.1, 0.15) is 10.5 Å². The van der Waals surface area contributed by atoms with Crippen LogP contribution >= 0.6 is 0 Å². The zero-order valence-electron chi connectivity index (χ0n) is 6.22. The molecule has 0 radical (unpaired) electrons. The average molecular weight is 170 g/mol. The Labute approximate surface area is 67.6 Å². The molecule has 6 nitrogen and oxygen atoms in total. The van der Waals surface area contributed by atoms with Crippen molar-refractivity contribution in [2.24, 2.45) is 0 Å². The molecular weight excluding hydrogens is 164 g/mol. The number of rotatable bonds is 2. The highest BCUT2D eigenvalue weighted by Crippen LogP contribution is 2.01. The fourth-order valence-corrected chi connectivity index (χ4v) is 0.644. The molecule has 1 N–H and O–H groups in total. The van der Waals surface area contributed by atoms with Crippen molar-refractivity contribution >= 4 is 5.97 Å². The Morgan fingerprint density at radius 3 is 2.92 bits per heavy atom. The van der Waals surface area contributed by atoms with E-state index in [1.165, 1.54) is 7.11 Å². The van der Waals surface area contributed by atoms with Gasteiger partial charge in [0.05, 0.1) is 7.11 Å². The first-order chi connectivity index (χ1) is 5.63. The second-order valence-corrected chi connectivity index (χ2v) is 1.96. The summed E-state index contributed by atoms with van der Waals surface area (Å²) in [7, 11) is 1.30. The number of nitrogens with zero attached hydrogens (tertiary/aromatic N) is 2. The van der Waals surface area contributed by atoms with Gasteiger partial charge in [-0.15, -0.1) is 0 Å². The molecule has 0 spiro atoms. The number of hydrogen-bond donors (Lipinski definition) is 1. The monoisotopic (exact) mass is 170 g/mol. The van der Waals surface area contributed by atoms with Gasteiger partial charge in [-0.1, -0.05) is 0 Å². The highest BCUT2D eigenvalue weighted by molar-refractivity contribution is 5.84. The topological polar surface area (TPSA) is 86.4 Å². The number of ether oxygens (including phenoxy) is 1. The van der Waals surface area contributed by atoms with Crippen molar-refractivity contribution in [2.45, 2.75) is 0 Å². The lowest BCUT2D eigenvalue weighted by Crippen LogP contribution is -2.27. The quantitative estimate of drug-likeness (QED) is 0.474. The fourth-order valence-electron chi connectivity index (χ4n) is 0.644. The molecule has 1 aromatic heterocycles. The Morgan fingerprint density at radius 1 is 1.75 bits per heavy atom. The van der Waals surface area contributed by atoms with E-state index in [1.807, 2.05) is 0 Å². The maximum Gasteiger partial charge on any atom is 0.360 e. The molecule has 1 rings (SSSR count). The Balaban J connectivity index is 3.15. The summed E-state index contributed by atoms with van der Waals surface area (Å²) in [4.78, 5) is 13.9. The van der Waals surface area contributed by atoms with E-state index in [1.54, 1.807) is 0 Å². The van der Waals surface area contributed by atoms with Crippen molar-refractivity contribution in [1.82, 2.24) is 4.98 Å². The zero-order chi connectivity index (χ0) is 9.14. The van der Waals surface area contributed by atoms with Gasteiger partial charge in [-0.05, 0) is 0 Å². The Morgan fingerprint density at radius 2 is 2.42 bits per heavy atom. The lowest BCUT2D eigenvalue weighted by Gasteiger charge is -1.99. The highest BCUT2D eigenvalue weighted by Gasteiger charge is 2.11. The van der Waals surface area contributed by atoms with Crippen LogP contribution in [0.3, 0.4) is 0 Å². The van der Waals surface area contributed by atoms with E-state index in [0.717, 1.165) is 12.4 Å². The summed E-state index contributed by atoms with van der Waals surface area (Å²) in [5, 5.41) is 19.2. The number of aromatic carboxylic acids is 1. The van der Waals surface area contributed by atoms with E-state index in [2.05, 4.69) is 9.72 Å². The maximum absolute atomic E-state index is 10.7. The molecule has 12 heavy (non-hydrogen) atoms. The summed E-state index contributed by atoms with van der Waals surface area (Å²) in [6.07, 6.45) is 1.89. The molecule has 64 valence electrons. The van der Waals surface area contributed by atoms with Crippen LogP contribution in [0.25, 0.3) is 0 Å². The van der Waals surface area contributed by atoms with Crippen LogP contribution in [0.5, 0.6) is 5.88 Å². The number of carboxylic acid groups (broad SMARTS) is 1. The van der Waals surface area contributed by atoms with Crippen LogP contribution in [0.15, 0.2) is 12.4 Å². The van der Waals surface area contributed by atoms with Crippen LogP contribution in [0, 0.1) is 5.21 Å². The normalized spacial score (nSPS) is 9.42. The maximum atomic E-state index is 10.7. The van der Waals surface area contributed by atoms with Gasteiger partial charge in [-0.2, -0.15) is 9.71 Å². The van der Waals surface area contributed by atoms with Crippen molar-refractivity contribution in [3.8, 4) is 5.88 Å². The first kappa shape index (κ1) is 8.25. The Kier molecular flexibility index (Phi) is 2.09. The third-order valence-electron chi connectivity index (χ3n) is 1.15. The van der Waals surface area contributed by atoms with E-state index < -0.39 is 5.97 Å². The van der Waals surface area contributed by atoms with Gasteiger partial charge in [0.15, 0.2) is 0 Å². The predicted octanol–water partition coefficient (Wildman–Crippen LogP) is -0.578. The van der Waals surface area contributed by atoms with Crippen LogP contribution in [-0.2, 0) is 0 Å². The van der Waals surface area contributed by atoms with Crippen LogP contribution in [0.2, 0.25) is 0 Å². The van der Waals surface area contributed by atoms with E-state index in [0.29, 0.717) is 4.73 Å². The molecule has 0 aliphatic carbocycles. The molecule has 1 aromatic rings. The smallest absolute Gasteiger partial charge is 0.360 e. The number of methoxy groups -OCH3 is 1. The van der Waals surface area contributed by atoms with E-state index >= 15 is 0 Å². The Hall–Kier alpha value is -1.85. The van der Waals surface area contributed by atoms with Crippen LogP contribution in [0.4, 0.5) is 0 Å². The molecule has 0 saturated carbocycles. The average Bonchev–Trinajstić information content (AvgIpc) is 2.03. The molecule has 0 aliphatic rings. The number of carbonyl (C=O) groups is 1. The zero-order valence-corrected chi connectivity index (χ0v) is 6.22. The number of carboxylic acids is 1. The molecule has 1 heterocycles. The van der Waals surface area contributed by atoms with Gasteiger partial charge in [0.2, 0.25) is 18.1 Å². The minimum absolute atomic E-state index is 0.0232. The SMILES string of the molecule is COc1c[n+]([O-])cc(C(=O)O)n1. The van der Waals surface area contributed by atoms with E-state index in [4.69, 9.17) is 5.11 Å². The van der Waals surface area contributed by atoms with Gasteiger partial charge in [-0.3, -0.25) is 0 Å². The van der Waals surface area contributed by atoms with Crippen molar-refractivity contribution in [3.63, 3.8) is 0 Å². The van der Waals surface area contributed by atoms with Gasteiger partial charge < -0.3 is 15.1 Å². The molecule has 0 bridgehead atoms. The first-order valence-corrected chi connectivity index (χ1v) is 3.01. The second kappa shape index (κ2) is 3.04. The van der Waals surface area contributed by atoms with Gasteiger partial charge in [0.1, 0.15) is 0 Å². The number of aromatic nitrogens is 2. The molecule has 0 aromatic carbocycles. The van der Waals surface area contributed by atoms with Gasteiger partial charge in [0, 0.05) is 0 Å². The van der Waals surface area contributed by atoms with Gasteiger partial charge in [0.25, 0.3) is 5.88 Å². The van der Waals surface area contributed by atoms with Crippen molar-refractivity contribution in [1.29, 1.82) is 0 Å². The van der Waals surface area contributed by atoms with Crippen molar-refractivity contribution < 1.29 is 19.4 Å². The minimum atomic E-state index is -1.27. The molecule has 0 aliphatic heterocycles. The van der Waals surface area contributed by atoms with Crippen LogP contribution in [-0.4, -0.2) is 23.2 Å². The third kappa shape index (κ3) is 1.60. The first-order valence-electron chi connectivity index (χ1n) is 3.01. The summed E-state index contributed by atoms with van der Waals surface area (Å²) < 4.78 is 4.92. The van der Waals surface area contributed by atoms with Crippen molar-refractivity contribution in [2.75, 3.05) is 7.11 Å². The summed E-state index contributed by atoms with van der Waals surface area (Å²) in [6, 6.07) is 0. The summed E-state index contributed by atoms with van der Waals surface area (Å²) in [5.74, 6) is -1.29. The molecule has 0 unspecified atom stereocenters. The molecule has 0 atom stereocenters. The largest absolute Gasteiger partial charge is 0.618 e. The minimum Gasteiger partial charge on any atom is -0.618 e. The fraction of sp³-hybridized carbons (Fsp3) is 0.167. The number of hydrogen-bond acceptors (Lipinski definition) is 4. The second-order valence-electron chi connectivity index (χ2n) is 1.96. The summed E-state index contributed by atoms with van der Waals surface area (Å²) in [5.41, 5.74) is -0.343. The van der Waals surface area contributed by atoms with E-state index in [9.17, 15) is 10.0 Å². The standard InChI is InChI=1S/C6H6N2O4/c1-12-5-3-8(11)2-4(7-5)6(9)10/h2-3H,1H3,(H,9,10). The summed E-state index contributed by atoms with van der Waals surface area (Å²) in [6.45, 7) is 0. The van der Waals surface area contributed by atoms with Gasteiger partial charge >= 0.3 is 5.97 Å². The lowest BCUT2D eigenvalue weighted by molar-refractivity contribution is -0.606. The van der Waals surface area contributed by atoms with Gasteiger partial charge in [-0.25, -0.2) is 4.79 Å². The molecular formula is C6H6N2O4. The van der Waals surface area contributed by atoms with Crippen molar-refractivity contribution in [3.05, 3.63) is 23.3 Å². The summed E-state index contributed by atoms with van der Waals surface area (Å²) >= 11 is 0. The molecule has 0 fully saturated rings. The third-order valence-corrected chi connectivity index (χ3v) is 1.15. The predicted molar refractivity (Wildman–Crippen MR) is 36.7 cm³/mol. The molecule has 0 amide bonds. The van der Waals surface area contributed by atoms with E-state index in [-0.39, 0.29) is 11.6 Å². The molecule has 6 heteroatoms. The highest BCUT2D eigenvalue weighted by atomic mass is 16.5.